The van der Waals surface area contributed by atoms with Crippen LogP contribution in [0.3, 0.4) is 0 Å². The zero-order valence-electron chi connectivity index (χ0n) is 13.2. The quantitative estimate of drug-likeness (QED) is 0.613. The number of piperidine rings is 1. The van der Waals surface area contributed by atoms with Gasteiger partial charge in [-0.3, -0.25) is 0 Å². The molecular formula is C15H22ClN3O2S. The van der Waals surface area contributed by atoms with Crippen LogP contribution in [0.5, 0.6) is 0 Å². The smallest absolute Gasteiger partial charge is 0.410 e. The van der Waals surface area contributed by atoms with Crippen LogP contribution in [0.2, 0.25) is 5.15 Å². The van der Waals surface area contributed by atoms with Gasteiger partial charge in [0.15, 0.2) is 0 Å². The van der Waals surface area contributed by atoms with Crippen LogP contribution >= 0.6 is 23.4 Å². The van der Waals surface area contributed by atoms with Crippen molar-refractivity contribution in [1.82, 2.24) is 14.9 Å². The van der Waals surface area contributed by atoms with Gasteiger partial charge in [0, 0.05) is 24.4 Å². The second-order valence-corrected chi connectivity index (χ2v) is 7.74. The van der Waals surface area contributed by atoms with Gasteiger partial charge in [-0.25, -0.2) is 14.8 Å². The van der Waals surface area contributed by atoms with E-state index in [4.69, 9.17) is 16.3 Å². The minimum Gasteiger partial charge on any atom is -0.444 e. The lowest BCUT2D eigenvalue weighted by atomic mass is 10.0. The van der Waals surface area contributed by atoms with Crippen LogP contribution in [0.25, 0.3) is 0 Å². The molecule has 5 nitrogen and oxygen atoms in total. The first-order chi connectivity index (χ1) is 10.3. The minimum absolute atomic E-state index is 0.169. The zero-order chi connectivity index (χ0) is 16.2. The molecule has 1 fully saturated rings. The van der Waals surface area contributed by atoms with E-state index < -0.39 is 5.60 Å². The Hall–Kier alpha value is -1.01. The maximum absolute atomic E-state index is 12.3. The number of carbonyl (C=O) groups excluding carboxylic acids is 1. The third-order valence-electron chi connectivity index (χ3n) is 3.29. The highest BCUT2D eigenvalue weighted by Gasteiger charge is 2.30. The SMILES string of the molecule is CC(C)(C)OC(=O)N1CCCCC1CSc1cc(Cl)ncn1. The molecule has 1 atom stereocenters. The molecule has 1 aliphatic heterocycles. The predicted molar refractivity (Wildman–Crippen MR) is 88.3 cm³/mol. The Labute approximate surface area is 140 Å². The molecule has 1 unspecified atom stereocenters. The summed E-state index contributed by atoms with van der Waals surface area (Å²) in [6, 6.07) is 1.91. The van der Waals surface area contributed by atoms with E-state index in [2.05, 4.69) is 9.97 Å². The number of thioether (sulfide) groups is 1. The molecular weight excluding hydrogens is 322 g/mol. The Bertz CT molecular complexity index is 522. The van der Waals surface area contributed by atoms with E-state index in [0.717, 1.165) is 36.6 Å². The number of nitrogens with zero attached hydrogens (tertiary/aromatic N) is 3. The van der Waals surface area contributed by atoms with E-state index in [1.165, 1.54) is 6.33 Å². The molecule has 7 heteroatoms. The monoisotopic (exact) mass is 343 g/mol. The molecule has 0 radical (unpaired) electrons. The average Bonchev–Trinajstić information content (AvgIpc) is 2.44. The van der Waals surface area contributed by atoms with E-state index in [-0.39, 0.29) is 12.1 Å². The van der Waals surface area contributed by atoms with E-state index in [1.54, 1.807) is 17.8 Å². The van der Waals surface area contributed by atoms with Crippen LogP contribution < -0.4 is 0 Å². The number of amides is 1. The maximum Gasteiger partial charge on any atom is 0.410 e. The average molecular weight is 344 g/mol. The van der Waals surface area contributed by atoms with Crippen LogP contribution in [0, 0.1) is 0 Å². The summed E-state index contributed by atoms with van der Waals surface area (Å²) in [6.07, 6.45) is 4.38. The van der Waals surface area contributed by atoms with Crippen LogP contribution in [0.4, 0.5) is 4.79 Å². The molecule has 122 valence electrons. The first kappa shape index (κ1) is 17.3. The summed E-state index contributed by atoms with van der Waals surface area (Å²) in [5, 5.41) is 1.26. The summed E-state index contributed by atoms with van der Waals surface area (Å²) in [7, 11) is 0. The molecule has 1 aromatic rings. The topological polar surface area (TPSA) is 55.3 Å². The third-order valence-corrected chi connectivity index (χ3v) is 4.56. The normalized spacial score (nSPS) is 19.1. The predicted octanol–water partition coefficient (Wildman–Crippen LogP) is 4.01. The minimum atomic E-state index is -0.466. The number of aromatic nitrogens is 2. The van der Waals surface area contributed by atoms with Crippen molar-refractivity contribution in [2.24, 2.45) is 0 Å². The molecule has 0 saturated carbocycles. The van der Waals surface area contributed by atoms with Gasteiger partial charge in [-0.05, 0) is 40.0 Å². The van der Waals surface area contributed by atoms with Crippen molar-refractivity contribution in [1.29, 1.82) is 0 Å². The number of rotatable bonds is 3. The van der Waals surface area contributed by atoms with Crippen LogP contribution in [0.15, 0.2) is 17.4 Å². The van der Waals surface area contributed by atoms with Crippen molar-refractivity contribution in [3.63, 3.8) is 0 Å². The van der Waals surface area contributed by atoms with Crippen molar-refractivity contribution in [2.45, 2.75) is 56.7 Å². The van der Waals surface area contributed by atoms with Gasteiger partial charge in [-0.1, -0.05) is 11.6 Å². The first-order valence-electron chi connectivity index (χ1n) is 7.45. The Morgan fingerprint density at radius 2 is 2.23 bits per heavy atom. The van der Waals surface area contributed by atoms with Crippen molar-refractivity contribution < 1.29 is 9.53 Å². The van der Waals surface area contributed by atoms with Gasteiger partial charge in [0.05, 0.1) is 0 Å². The summed E-state index contributed by atoms with van der Waals surface area (Å²) in [4.78, 5) is 22.2. The number of ether oxygens (including phenoxy) is 1. The van der Waals surface area contributed by atoms with Crippen molar-refractivity contribution in [2.75, 3.05) is 12.3 Å². The Morgan fingerprint density at radius 1 is 1.45 bits per heavy atom. The van der Waals surface area contributed by atoms with Gasteiger partial charge in [-0.2, -0.15) is 0 Å². The number of carbonyl (C=O) groups is 1. The molecule has 2 heterocycles. The molecule has 0 spiro atoms. The van der Waals surface area contributed by atoms with Gasteiger partial charge < -0.3 is 9.64 Å². The third kappa shape index (κ3) is 5.32. The van der Waals surface area contributed by atoms with Gasteiger partial charge in [0.1, 0.15) is 22.1 Å². The Morgan fingerprint density at radius 3 is 2.91 bits per heavy atom. The fourth-order valence-corrected chi connectivity index (χ4v) is 3.55. The lowest BCUT2D eigenvalue weighted by Gasteiger charge is -2.36. The molecule has 1 aliphatic rings. The van der Waals surface area contributed by atoms with E-state index in [9.17, 15) is 4.79 Å². The second kappa shape index (κ2) is 7.51. The van der Waals surface area contributed by atoms with E-state index >= 15 is 0 Å². The molecule has 0 aliphatic carbocycles. The fraction of sp³-hybridized carbons (Fsp3) is 0.667. The first-order valence-corrected chi connectivity index (χ1v) is 8.81. The maximum atomic E-state index is 12.3. The number of likely N-dealkylation sites (tertiary alicyclic amines) is 1. The fourth-order valence-electron chi connectivity index (χ4n) is 2.31. The summed E-state index contributed by atoms with van der Waals surface area (Å²) < 4.78 is 5.51. The largest absolute Gasteiger partial charge is 0.444 e. The number of hydrogen-bond acceptors (Lipinski definition) is 5. The summed E-state index contributed by atoms with van der Waals surface area (Å²) >= 11 is 7.46. The number of halogens is 1. The lowest BCUT2D eigenvalue weighted by Crippen LogP contribution is -2.47. The van der Waals surface area contributed by atoms with Crippen LogP contribution in [-0.4, -0.2) is 44.9 Å². The van der Waals surface area contributed by atoms with Crippen molar-refractivity contribution >= 4 is 29.5 Å². The zero-order valence-corrected chi connectivity index (χ0v) is 14.8. The molecule has 0 bridgehead atoms. The molecule has 1 aromatic heterocycles. The van der Waals surface area contributed by atoms with Gasteiger partial charge in [0.25, 0.3) is 0 Å². The molecule has 2 rings (SSSR count). The van der Waals surface area contributed by atoms with Gasteiger partial charge in [-0.15, -0.1) is 11.8 Å². The van der Waals surface area contributed by atoms with Crippen molar-refractivity contribution in [3.05, 3.63) is 17.5 Å². The van der Waals surface area contributed by atoms with Crippen LogP contribution in [0.1, 0.15) is 40.0 Å². The second-order valence-electron chi connectivity index (χ2n) is 6.31. The van der Waals surface area contributed by atoms with Crippen molar-refractivity contribution in [3.8, 4) is 0 Å². The lowest BCUT2D eigenvalue weighted by molar-refractivity contribution is 0.0126. The summed E-state index contributed by atoms with van der Waals surface area (Å²) in [5.74, 6) is 0.784. The highest BCUT2D eigenvalue weighted by molar-refractivity contribution is 7.99. The Kier molecular flexibility index (Phi) is 5.92. The van der Waals surface area contributed by atoms with Gasteiger partial charge >= 0.3 is 6.09 Å². The molecule has 1 saturated heterocycles. The van der Waals surface area contributed by atoms with Gasteiger partial charge in [0.2, 0.25) is 0 Å². The molecule has 0 aromatic carbocycles. The van der Waals surface area contributed by atoms with Crippen LogP contribution in [-0.2, 0) is 4.74 Å². The Balaban J connectivity index is 1.96. The highest BCUT2D eigenvalue weighted by atomic mass is 35.5. The standard InChI is InChI=1S/C15H22ClN3O2S/c1-15(2,3)21-14(20)19-7-5-4-6-11(19)9-22-13-8-12(16)17-10-18-13/h8,10-11H,4-7,9H2,1-3H3. The molecule has 1 amide bonds. The van der Waals surface area contributed by atoms with E-state index in [1.807, 2.05) is 25.7 Å². The number of hydrogen-bond donors (Lipinski definition) is 0. The molecule has 22 heavy (non-hydrogen) atoms. The molecule has 0 N–H and O–H groups in total. The summed E-state index contributed by atoms with van der Waals surface area (Å²) in [6.45, 7) is 6.43. The highest BCUT2D eigenvalue weighted by Crippen LogP contribution is 2.26. The summed E-state index contributed by atoms with van der Waals surface area (Å²) in [5.41, 5.74) is -0.466. The van der Waals surface area contributed by atoms with E-state index in [0.29, 0.717) is 5.15 Å².